The Morgan fingerprint density at radius 3 is 2.61 bits per heavy atom. The number of nitrogens with one attached hydrogen (secondary N) is 1. The van der Waals surface area contributed by atoms with Crippen molar-refractivity contribution in [1.82, 2.24) is 10.2 Å². The number of hydrogen-bond acceptors (Lipinski definition) is 4. The van der Waals surface area contributed by atoms with Crippen LogP contribution in [0.4, 0.5) is 4.79 Å². The number of carbonyl (C=O) groups excluding carboxylic acids is 1. The van der Waals surface area contributed by atoms with Crippen LogP contribution in [0, 0.1) is 0 Å². The van der Waals surface area contributed by atoms with Gasteiger partial charge in [0.15, 0.2) is 0 Å². The standard InChI is InChI=1S/C13H24N2O3/c1-2-18-13(17)15-8-6-10(7-9-15)14-11-4-3-5-12(11)16/h10-12,14,16H,2-9H2,1H3/t11-,12-/m0/s1. The lowest BCUT2D eigenvalue weighted by Crippen LogP contribution is -2.49. The summed E-state index contributed by atoms with van der Waals surface area (Å²) in [7, 11) is 0. The van der Waals surface area contributed by atoms with Crippen LogP contribution in [0.15, 0.2) is 0 Å². The first kappa shape index (κ1) is 13.6. The van der Waals surface area contributed by atoms with Crippen LogP contribution in [0.3, 0.4) is 0 Å². The molecule has 2 fully saturated rings. The van der Waals surface area contributed by atoms with Gasteiger partial charge in [0.1, 0.15) is 0 Å². The first-order chi connectivity index (χ1) is 8.70. The SMILES string of the molecule is CCOC(=O)N1CCC(N[C@H]2CCC[C@@H]2O)CC1. The average Bonchev–Trinajstić information content (AvgIpc) is 2.76. The first-order valence-corrected chi connectivity index (χ1v) is 7.06. The molecule has 0 aromatic rings. The van der Waals surface area contributed by atoms with Gasteiger partial charge in [-0.25, -0.2) is 4.79 Å². The number of aliphatic hydroxyl groups is 1. The fraction of sp³-hybridized carbons (Fsp3) is 0.923. The van der Waals surface area contributed by atoms with Gasteiger partial charge < -0.3 is 20.1 Å². The highest BCUT2D eigenvalue weighted by atomic mass is 16.6. The molecular weight excluding hydrogens is 232 g/mol. The molecule has 0 bridgehead atoms. The zero-order chi connectivity index (χ0) is 13.0. The first-order valence-electron chi connectivity index (χ1n) is 7.06. The molecular formula is C13H24N2O3. The quantitative estimate of drug-likeness (QED) is 0.794. The van der Waals surface area contributed by atoms with E-state index in [2.05, 4.69) is 5.32 Å². The van der Waals surface area contributed by atoms with E-state index in [1.165, 1.54) is 0 Å². The molecule has 5 heteroatoms. The van der Waals surface area contributed by atoms with Crippen molar-refractivity contribution in [2.24, 2.45) is 0 Å². The predicted molar refractivity (Wildman–Crippen MR) is 68.4 cm³/mol. The van der Waals surface area contributed by atoms with E-state index in [0.717, 1.165) is 45.2 Å². The molecule has 1 aliphatic heterocycles. The number of piperidine rings is 1. The summed E-state index contributed by atoms with van der Waals surface area (Å²) >= 11 is 0. The maximum atomic E-state index is 11.5. The van der Waals surface area contributed by atoms with Crippen molar-refractivity contribution in [1.29, 1.82) is 0 Å². The van der Waals surface area contributed by atoms with Crippen LogP contribution in [0.1, 0.15) is 39.0 Å². The van der Waals surface area contributed by atoms with E-state index in [-0.39, 0.29) is 18.2 Å². The van der Waals surface area contributed by atoms with Crippen molar-refractivity contribution in [3.05, 3.63) is 0 Å². The molecule has 2 aliphatic rings. The molecule has 1 heterocycles. The monoisotopic (exact) mass is 256 g/mol. The number of ether oxygens (including phenoxy) is 1. The second kappa shape index (κ2) is 6.38. The van der Waals surface area contributed by atoms with E-state index >= 15 is 0 Å². The van der Waals surface area contributed by atoms with Gasteiger partial charge in [-0.3, -0.25) is 0 Å². The summed E-state index contributed by atoms with van der Waals surface area (Å²) < 4.78 is 4.99. The number of amides is 1. The van der Waals surface area contributed by atoms with Gasteiger partial charge in [0.05, 0.1) is 12.7 Å². The predicted octanol–water partition coefficient (Wildman–Crippen LogP) is 1.11. The number of carbonyl (C=O) groups is 1. The van der Waals surface area contributed by atoms with Crippen molar-refractivity contribution < 1.29 is 14.6 Å². The number of nitrogens with zero attached hydrogens (tertiary/aromatic N) is 1. The van der Waals surface area contributed by atoms with E-state index in [0.29, 0.717) is 12.6 Å². The molecule has 1 saturated carbocycles. The molecule has 1 saturated heterocycles. The zero-order valence-corrected chi connectivity index (χ0v) is 11.1. The summed E-state index contributed by atoms with van der Waals surface area (Å²) in [5.74, 6) is 0. The van der Waals surface area contributed by atoms with Crippen LogP contribution in [-0.2, 0) is 4.74 Å². The number of aliphatic hydroxyl groups excluding tert-OH is 1. The molecule has 0 spiro atoms. The normalized spacial score (nSPS) is 29.6. The minimum atomic E-state index is -0.197. The molecule has 2 N–H and O–H groups in total. The van der Waals surface area contributed by atoms with Gasteiger partial charge >= 0.3 is 6.09 Å². The lowest BCUT2D eigenvalue weighted by atomic mass is 10.0. The van der Waals surface area contributed by atoms with Gasteiger partial charge in [0, 0.05) is 25.2 Å². The highest BCUT2D eigenvalue weighted by Crippen LogP contribution is 2.21. The maximum Gasteiger partial charge on any atom is 0.409 e. The summed E-state index contributed by atoms with van der Waals surface area (Å²) in [4.78, 5) is 13.3. The largest absolute Gasteiger partial charge is 0.450 e. The third-order valence-electron chi connectivity index (χ3n) is 3.95. The van der Waals surface area contributed by atoms with Gasteiger partial charge in [0.2, 0.25) is 0 Å². The van der Waals surface area contributed by atoms with E-state index < -0.39 is 0 Å². The molecule has 2 atom stereocenters. The summed E-state index contributed by atoms with van der Waals surface area (Å²) in [6.45, 7) is 3.76. The minimum absolute atomic E-state index is 0.187. The second-order valence-electron chi connectivity index (χ2n) is 5.23. The summed E-state index contributed by atoms with van der Waals surface area (Å²) in [5, 5.41) is 13.3. The van der Waals surface area contributed by atoms with Crippen LogP contribution < -0.4 is 5.32 Å². The lowest BCUT2D eigenvalue weighted by molar-refractivity contribution is 0.0894. The number of hydrogen-bond donors (Lipinski definition) is 2. The van der Waals surface area contributed by atoms with Crippen molar-refractivity contribution in [2.45, 2.75) is 57.2 Å². The van der Waals surface area contributed by atoms with Crippen LogP contribution in [-0.4, -0.2) is 54.0 Å². The Balaban J connectivity index is 1.71. The molecule has 0 aromatic carbocycles. The summed E-state index contributed by atoms with van der Waals surface area (Å²) in [6, 6.07) is 0.678. The summed E-state index contributed by atoms with van der Waals surface area (Å²) in [5.41, 5.74) is 0. The molecule has 2 rings (SSSR count). The Labute approximate surface area is 108 Å². The smallest absolute Gasteiger partial charge is 0.409 e. The molecule has 18 heavy (non-hydrogen) atoms. The molecule has 1 aliphatic carbocycles. The fourth-order valence-electron chi connectivity index (χ4n) is 2.88. The number of likely N-dealkylation sites (tertiary alicyclic amines) is 1. The highest BCUT2D eigenvalue weighted by molar-refractivity contribution is 5.67. The van der Waals surface area contributed by atoms with Gasteiger partial charge in [-0.1, -0.05) is 0 Å². The van der Waals surface area contributed by atoms with Gasteiger partial charge in [-0.15, -0.1) is 0 Å². The van der Waals surface area contributed by atoms with Crippen LogP contribution in [0.2, 0.25) is 0 Å². The summed E-state index contributed by atoms with van der Waals surface area (Å²) in [6.07, 6.45) is 4.60. The number of rotatable bonds is 3. The van der Waals surface area contributed by atoms with Crippen molar-refractivity contribution >= 4 is 6.09 Å². The molecule has 0 aromatic heterocycles. The topological polar surface area (TPSA) is 61.8 Å². The van der Waals surface area contributed by atoms with Crippen molar-refractivity contribution in [3.8, 4) is 0 Å². The molecule has 104 valence electrons. The minimum Gasteiger partial charge on any atom is -0.450 e. The van der Waals surface area contributed by atoms with Gasteiger partial charge in [-0.05, 0) is 39.0 Å². The van der Waals surface area contributed by atoms with Gasteiger partial charge in [0.25, 0.3) is 0 Å². The van der Waals surface area contributed by atoms with Crippen LogP contribution >= 0.6 is 0 Å². The van der Waals surface area contributed by atoms with Gasteiger partial charge in [-0.2, -0.15) is 0 Å². The zero-order valence-electron chi connectivity index (χ0n) is 11.1. The third-order valence-corrected chi connectivity index (χ3v) is 3.95. The molecule has 1 amide bonds. The molecule has 5 nitrogen and oxygen atoms in total. The van der Waals surface area contributed by atoms with E-state index in [4.69, 9.17) is 4.74 Å². The fourth-order valence-corrected chi connectivity index (χ4v) is 2.88. The Kier molecular flexibility index (Phi) is 4.83. The third kappa shape index (κ3) is 3.36. The van der Waals surface area contributed by atoms with E-state index in [1.807, 2.05) is 6.92 Å². The van der Waals surface area contributed by atoms with E-state index in [9.17, 15) is 9.90 Å². The van der Waals surface area contributed by atoms with Crippen LogP contribution in [0.5, 0.6) is 0 Å². The van der Waals surface area contributed by atoms with Crippen molar-refractivity contribution in [2.75, 3.05) is 19.7 Å². The average molecular weight is 256 g/mol. The lowest BCUT2D eigenvalue weighted by Gasteiger charge is -2.33. The van der Waals surface area contributed by atoms with E-state index in [1.54, 1.807) is 4.90 Å². The highest BCUT2D eigenvalue weighted by Gasteiger charge is 2.29. The van der Waals surface area contributed by atoms with Crippen molar-refractivity contribution in [3.63, 3.8) is 0 Å². The Hall–Kier alpha value is -0.810. The molecule has 0 radical (unpaired) electrons. The second-order valence-corrected chi connectivity index (χ2v) is 5.23. The molecule has 0 unspecified atom stereocenters. The van der Waals surface area contributed by atoms with Crippen LogP contribution in [0.25, 0.3) is 0 Å². The Morgan fingerprint density at radius 1 is 1.33 bits per heavy atom. The Morgan fingerprint density at radius 2 is 2.06 bits per heavy atom. The maximum absolute atomic E-state index is 11.5. The Bertz CT molecular complexity index is 277.